The first-order chi connectivity index (χ1) is 9.15. The Kier molecular flexibility index (Phi) is 5.67. The van der Waals surface area contributed by atoms with E-state index in [1.807, 2.05) is 0 Å². The minimum absolute atomic E-state index is 0.499. The van der Waals surface area contributed by atoms with Crippen molar-refractivity contribution in [2.24, 2.45) is 11.3 Å². The average molecular weight is 268 g/mol. The zero-order valence-electron chi connectivity index (χ0n) is 13.1. The number of nitrogens with zero attached hydrogens (tertiary/aromatic N) is 1. The van der Waals surface area contributed by atoms with Crippen LogP contribution in [0.3, 0.4) is 0 Å². The normalized spacial score (nSPS) is 33.8. The van der Waals surface area contributed by atoms with E-state index >= 15 is 0 Å². The molecule has 1 saturated carbocycles. The highest BCUT2D eigenvalue weighted by Gasteiger charge is 2.36. The lowest BCUT2D eigenvalue weighted by Crippen LogP contribution is -2.48. The van der Waals surface area contributed by atoms with Gasteiger partial charge in [0.15, 0.2) is 0 Å². The van der Waals surface area contributed by atoms with E-state index in [1.54, 1.807) is 0 Å². The molecule has 0 aromatic rings. The summed E-state index contributed by atoms with van der Waals surface area (Å²) < 4.78 is 5.49. The molecular formula is C16H32N2O. The van der Waals surface area contributed by atoms with Crippen molar-refractivity contribution in [1.82, 2.24) is 10.2 Å². The van der Waals surface area contributed by atoms with Crippen LogP contribution in [0, 0.1) is 11.3 Å². The summed E-state index contributed by atoms with van der Waals surface area (Å²) >= 11 is 0. The van der Waals surface area contributed by atoms with Crippen LogP contribution in [0.25, 0.3) is 0 Å². The van der Waals surface area contributed by atoms with Crippen molar-refractivity contribution < 1.29 is 4.74 Å². The minimum Gasteiger partial charge on any atom is -0.381 e. The van der Waals surface area contributed by atoms with Crippen LogP contribution in [0.5, 0.6) is 0 Å². The van der Waals surface area contributed by atoms with Gasteiger partial charge in [0.05, 0.1) is 0 Å². The smallest absolute Gasteiger partial charge is 0.0480 e. The van der Waals surface area contributed by atoms with Crippen LogP contribution in [-0.2, 0) is 4.74 Å². The van der Waals surface area contributed by atoms with E-state index in [2.05, 4.69) is 31.2 Å². The van der Waals surface area contributed by atoms with Gasteiger partial charge < -0.3 is 15.0 Å². The average Bonchev–Trinajstić information content (AvgIpc) is 2.40. The SMILES string of the molecule is CNCC1(CN(C)C2CCOCC2)CCCC(C)C1. The number of nitrogens with one attached hydrogen (secondary N) is 1. The van der Waals surface area contributed by atoms with Gasteiger partial charge in [-0.3, -0.25) is 0 Å². The summed E-state index contributed by atoms with van der Waals surface area (Å²) in [5.74, 6) is 0.894. The van der Waals surface area contributed by atoms with Gasteiger partial charge >= 0.3 is 0 Å². The highest BCUT2D eigenvalue weighted by molar-refractivity contribution is 4.90. The number of hydrogen-bond acceptors (Lipinski definition) is 3. The maximum atomic E-state index is 5.49. The van der Waals surface area contributed by atoms with Crippen molar-refractivity contribution in [3.8, 4) is 0 Å². The molecule has 1 heterocycles. The van der Waals surface area contributed by atoms with E-state index in [0.717, 1.165) is 25.2 Å². The molecule has 112 valence electrons. The number of rotatable bonds is 5. The Balaban J connectivity index is 1.94. The second kappa shape index (κ2) is 7.05. The van der Waals surface area contributed by atoms with E-state index < -0.39 is 0 Å². The van der Waals surface area contributed by atoms with Crippen LogP contribution in [0.15, 0.2) is 0 Å². The van der Waals surface area contributed by atoms with Gasteiger partial charge in [-0.05, 0) is 51.1 Å². The molecule has 0 amide bonds. The molecule has 0 spiro atoms. The third kappa shape index (κ3) is 4.17. The van der Waals surface area contributed by atoms with Crippen LogP contribution in [-0.4, -0.2) is 51.3 Å². The van der Waals surface area contributed by atoms with Crippen molar-refractivity contribution in [1.29, 1.82) is 0 Å². The van der Waals surface area contributed by atoms with Gasteiger partial charge in [0.2, 0.25) is 0 Å². The molecule has 2 unspecified atom stereocenters. The fourth-order valence-electron chi connectivity index (χ4n) is 4.29. The molecule has 0 aromatic heterocycles. The lowest BCUT2D eigenvalue weighted by atomic mass is 9.69. The summed E-state index contributed by atoms with van der Waals surface area (Å²) in [4.78, 5) is 2.62. The lowest BCUT2D eigenvalue weighted by molar-refractivity contribution is 0.0149. The Hall–Kier alpha value is -0.120. The molecule has 1 N–H and O–H groups in total. The minimum atomic E-state index is 0.499. The predicted molar refractivity (Wildman–Crippen MR) is 80.5 cm³/mol. The van der Waals surface area contributed by atoms with Gasteiger partial charge in [-0.1, -0.05) is 19.8 Å². The molecule has 2 fully saturated rings. The molecule has 1 aliphatic heterocycles. The van der Waals surface area contributed by atoms with Gasteiger partial charge in [0.1, 0.15) is 0 Å². The monoisotopic (exact) mass is 268 g/mol. The molecule has 2 rings (SSSR count). The van der Waals surface area contributed by atoms with Gasteiger partial charge in [-0.2, -0.15) is 0 Å². The van der Waals surface area contributed by atoms with Crippen LogP contribution in [0.2, 0.25) is 0 Å². The third-order valence-corrected chi connectivity index (χ3v) is 5.14. The van der Waals surface area contributed by atoms with Crippen molar-refractivity contribution in [2.45, 2.75) is 51.5 Å². The second-order valence-electron chi connectivity index (χ2n) is 6.99. The van der Waals surface area contributed by atoms with Crippen LogP contribution >= 0.6 is 0 Å². The zero-order valence-corrected chi connectivity index (χ0v) is 13.1. The van der Waals surface area contributed by atoms with Gasteiger partial charge in [-0.25, -0.2) is 0 Å². The van der Waals surface area contributed by atoms with E-state index in [4.69, 9.17) is 4.74 Å². The topological polar surface area (TPSA) is 24.5 Å². The van der Waals surface area contributed by atoms with E-state index in [1.165, 1.54) is 51.6 Å². The largest absolute Gasteiger partial charge is 0.381 e. The Bertz CT molecular complexity index is 261. The van der Waals surface area contributed by atoms with Crippen molar-refractivity contribution in [2.75, 3.05) is 40.4 Å². The van der Waals surface area contributed by atoms with Crippen LogP contribution in [0.4, 0.5) is 0 Å². The quantitative estimate of drug-likeness (QED) is 0.829. The predicted octanol–water partition coefficient (Wildman–Crippen LogP) is 2.51. The third-order valence-electron chi connectivity index (χ3n) is 5.14. The molecule has 0 radical (unpaired) electrons. The summed E-state index contributed by atoms with van der Waals surface area (Å²) in [7, 11) is 4.43. The van der Waals surface area contributed by atoms with Crippen molar-refractivity contribution in [3.63, 3.8) is 0 Å². The van der Waals surface area contributed by atoms with E-state index in [-0.39, 0.29) is 0 Å². The highest BCUT2D eigenvalue weighted by atomic mass is 16.5. The molecule has 2 atom stereocenters. The molecule has 1 saturated heterocycles. The first-order valence-corrected chi connectivity index (χ1v) is 8.08. The molecule has 0 aromatic carbocycles. The fraction of sp³-hybridized carbons (Fsp3) is 1.00. The Labute approximate surface area is 119 Å². The summed E-state index contributed by atoms with van der Waals surface area (Å²) in [5, 5.41) is 3.46. The Morgan fingerprint density at radius 3 is 2.63 bits per heavy atom. The fourth-order valence-corrected chi connectivity index (χ4v) is 4.29. The molecule has 1 aliphatic carbocycles. The molecule has 2 aliphatic rings. The summed E-state index contributed by atoms with van der Waals surface area (Å²) in [6.45, 7) is 6.75. The molecular weight excluding hydrogens is 236 g/mol. The first kappa shape index (κ1) is 15.3. The van der Waals surface area contributed by atoms with Crippen LogP contribution < -0.4 is 5.32 Å². The van der Waals surface area contributed by atoms with Crippen molar-refractivity contribution >= 4 is 0 Å². The second-order valence-corrected chi connectivity index (χ2v) is 6.99. The summed E-state index contributed by atoms with van der Waals surface area (Å²) in [6.07, 6.45) is 8.04. The van der Waals surface area contributed by atoms with Gasteiger partial charge in [0.25, 0.3) is 0 Å². The number of hydrogen-bond donors (Lipinski definition) is 1. The van der Waals surface area contributed by atoms with Crippen molar-refractivity contribution in [3.05, 3.63) is 0 Å². The summed E-state index contributed by atoms with van der Waals surface area (Å²) in [5.41, 5.74) is 0.499. The molecule has 3 nitrogen and oxygen atoms in total. The summed E-state index contributed by atoms with van der Waals surface area (Å²) in [6, 6.07) is 0.736. The van der Waals surface area contributed by atoms with Gasteiger partial charge in [0, 0.05) is 32.3 Å². The van der Waals surface area contributed by atoms with Gasteiger partial charge in [-0.15, -0.1) is 0 Å². The standard InChI is InChI=1S/C16H32N2O/c1-14-5-4-8-16(11-14,12-17-2)13-18(3)15-6-9-19-10-7-15/h14-15,17H,4-13H2,1-3H3. The molecule has 19 heavy (non-hydrogen) atoms. The molecule has 3 heteroatoms. The zero-order chi connectivity index (χ0) is 13.7. The maximum Gasteiger partial charge on any atom is 0.0480 e. The van der Waals surface area contributed by atoms with E-state index in [9.17, 15) is 0 Å². The molecule has 0 bridgehead atoms. The first-order valence-electron chi connectivity index (χ1n) is 8.08. The lowest BCUT2D eigenvalue weighted by Gasteiger charge is -2.45. The van der Waals surface area contributed by atoms with Crippen LogP contribution in [0.1, 0.15) is 45.4 Å². The number of ether oxygens (including phenoxy) is 1. The Morgan fingerprint density at radius 2 is 2.00 bits per heavy atom. The Morgan fingerprint density at radius 1 is 1.26 bits per heavy atom. The maximum absolute atomic E-state index is 5.49. The highest BCUT2D eigenvalue weighted by Crippen LogP contribution is 2.40. The van der Waals surface area contributed by atoms with E-state index in [0.29, 0.717) is 5.41 Å².